The van der Waals surface area contributed by atoms with Crippen LogP contribution >= 0.6 is 18.5 Å². The van der Waals surface area contributed by atoms with Crippen LogP contribution in [0.1, 0.15) is 11.6 Å². The molecule has 0 radical (unpaired) electrons. The first-order valence-electron chi connectivity index (χ1n) is 12.8. The first-order valence-corrected chi connectivity index (χ1v) is 16.3. The number of H-pyrrole nitrogens is 1. The summed E-state index contributed by atoms with van der Waals surface area (Å²) < 4.78 is 56.5. The average Bonchev–Trinajstić information content (AvgIpc) is 3.76. The summed E-state index contributed by atoms with van der Waals surface area (Å²) in [7, 11) is 0. The third-order valence-corrected chi connectivity index (χ3v) is 10.7. The molecule has 8 N–H and O–H groups in total. The molecule has 23 heteroatoms. The van der Waals surface area contributed by atoms with Crippen LogP contribution in [0.4, 0.5) is 20.5 Å². The van der Waals surface area contributed by atoms with Crippen molar-refractivity contribution in [2.24, 2.45) is 0 Å². The number of hydrogen-bond acceptors (Lipinski definition) is 16. The normalized spacial score (nSPS) is 32.6. The number of nitrogens with two attached hydrogens (primary N) is 2. The Balaban J connectivity index is 1.13. The molecule has 7 heterocycles. The Hall–Kier alpha value is -2.92. The van der Waals surface area contributed by atoms with Crippen molar-refractivity contribution in [2.75, 3.05) is 31.3 Å². The SMILES string of the molecule is Nc1nc2c(ncn2[C@@H]2S[C@H](CO)C(F)(F)[C@H]2OP(O)(=S)OC[C@@]23CO[C@@H]([C@H](n4cnc5c(N)ncnc54)O2)[C@@H]3O)c(=O)[nH]1. The molecule has 236 valence electrons. The maximum atomic E-state index is 15.6. The van der Waals surface area contributed by atoms with Crippen molar-refractivity contribution >= 4 is 64.4 Å². The van der Waals surface area contributed by atoms with Crippen molar-refractivity contribution < 1.29 is 42.4 Å². The molecule has 0 saturated carbocycles. The first kappa shape index (κ1) is 29.8. The van der Waals surface area contributed by atoms with Gasteiger partial charge in [-0.25, -0.2) is 28.7 Å². The number of nitrogens with one attached hydrogen (secondary N) is 1. The predicted molar refractivity (Wildman–Crippen MR) is 151 cm³/mol. The first-order chi connectivity index (χ1) is 20.8. The van der Waals surface area contributed by atoms with E-state index in [4.69, 9.17) is 41.8 Å². The second-order valence-electron chi connectivity index (χ2n) is 10.3. The predicted octanol–water partition coefficient (Wildman–Crippen LogP) is -0.989. The number of thioether (sulfide) groups is 1. The van der Waals surface area contributed by atoms with Gasteiger partial charge in [0.25, 0.3) is 11.5 Å². The molecule has 1 unspecified atom stereocenters. The molecule has 0 aliphatic carbocycles. The number of aromatic amines is 1. The Kier molecular flexibility index (Phi) is 6.97. The molecular weight excluding hydrogens is 653 g/mol. The Morgan fingerprint density at radius 1 is 1.20 bits per heavy atom. The molecule has 0 spiro atoms. The second-order valence-corrected chi connectivity index (χ2v) is 14.4. The van der Waals surface area contributed by atoms with Crippen molar-refractivity contribution in [3.8, 4) is 0 Å². The summed E-state index contributed by atoms with van der Waals surface area (Å²) in [5.41, 5.74) is 9.56. The van der Waals surface area contributed by atoms with Crippen molar-refractivity contribution in [1.29, 1.82) is 0 Å². The van der Waals surface area contributed by atoms with E-state index in [1.54, 1.807) is 0 Å². The number of rotatable bonds is 8. The van der Waals surface area contributed by atoms with Crippen LogP contribution in [0.15, 0.2) is 23.8 Å². The summed E-state index contributed by atoms with van der Waals surface area (Å²) in [5.74, 6) is -3.90. The topological polar surface area (TPSA) is 257 Å². The van der Waals surface area contributed by atoms with Gasteiger partial charge in [-0.05, 0) is 11.8 Å². The highest BCUT2D eigenvalue weighted by molar-refractivity contribution is 8.07. The number of halogens is 2. The lowest BCUT2D eigenvalue weighted by Gasteiger charge is -2.33. The lowest BCUT2D eigenvalue weighted by molar-refractivity contribution is -0.184. The van der Waals surface area contributed by atoms with Crippen LogP contribution in [0.5, 0.6) is 0 Å². The quantitative estimate of drug-likeness (QED) is 0.122. The highest BCUT2D eigenvalue weighted by Crippen LogP contribution is 2.59. The lowest BCUT2D eigenvalue weighted by atomic mass is 10.0. The van der Waals surface area contributed by atoms with E-state index in [1.165, 1.54) is 17.2 Å². The number of alkyl halides is 2. The Morgan fingerprint density at radius 3 is 2.73 bits per heavy atom. The third kappa shape index (κ3) is 4.51. The van der Waals surface area contributed by atoms with Crippen molar-refractivity contribution in [3.05, 3.63) is 29.3 Å². The molecule has 4 aromatic rings. The summed E-state index contributed by atoms with van der Waals surface area (Å²) in [4.78, 5) is 45.7. The fourth-order valence-corrected chi connectivity index (χ4v) is 8.40. The molecule has 3 aliphatic heterocycles. The van der Waals surface area contributed by atoms with E-state index in [2.05, 4.69) is 29.9 Å². The van der Waals surface area contributed by atoms with Gasteiger partial charge in [-0.1, -0.05) is 0 Å². The number of imidazole rings is 2. The molecule has 2 bridgehead atoms. The van der Waals surface area contributed by atoms with Gasteiger partial charge in [0.05, 0.1) is 37.7 Å². The van der Waals surface area contributed by atoms with E-state index >= 15 is 8.78 Å². The van der Waals surface area contributed by atoms with Crippen LogP contribution in [0.3, 0.4) is 0 Å². The van der Waals surface area contributed by atoms with Gasteiger partial charge >= 0.3 is 6.72 Å². The van der Waals surface area contributed by atoms with Crippen LogP contribution in [0, 0.1) is 0 Å². The molecule has 3 fully saturated rings. The number of ether oxygens (including phenoxy) is 2. The molecule has 3 aliphatic rings. The Bertz CT molecular complexity index is 1880. The maximum Gasteiger partial charge on any atom is 0.325 e. The largest absolute Gasteiger partial charge is 0.395 e. The Morgan fingerprint density at radius 2 is 1.95 bits per heavy atom. The number of fused-ring (bicyclic) bond motifs is 4. The molecular formula is C21H23F2N10O8PS2. The minimum atomic E-state index is -4.51. The van der Waals surface area contributed by atoms with Crippen molar-refractivity contribution in [3.63, 3.8) is 0 Å². The molecule has 8 atom stereocenters. The fourth-order valence-electron chi connectivity index (χ4n) is 5.49. The maximum absolute atomic E-state index is 15.6. The molecule has 0 amide bonds. The number of aromatic nitrogens is 8. The van der Waals surface area contributed by atoms with Gasteiger partial charge < -0.3 is 40.6 Å². The monoisotopic (exact) mass is 676 g/mol. The number of aliphatic hydroxyl groups is 2. The highest BCUT2D eigenvalue weighted by Gasteiger charge is 2.64. The molecule has 3 saturated heterocycles. The standard InChI is InChI=1S/C21H23F2N10O8PS2/c22-21(23)7(1-34)44-18(33-6-29-9-15(33)30-19(25)31-16(9)36)12(21)41-42(37,43)39-3-20-2-38-10(11(20)35)17(40-20)32-5-28-8-13(24)26-4-27-14(8)32/h4-7,10-12,17-18,34-35H,1-3H2,(H,37,43)(H2,24,26,27)(H3,25,30,31,36)/t7-,10-,11+,12+,17-,18-,20-,42?/m1/s1. The number of nitrogen functional groups attached to an aromatic ring is 2. The van der Waals surface area contributed by atoms with Crippen molar-refractivity contribution in [2.45, 2.75) is 46.7 Å². The van der Waals surface area contributed by atoms with Crippen LogP contribution in [-0.4, -0.2) is 109 Å². The van der Waals surface area contributed by atoms with Crippen LogP contribution in [-0.2, 0) is 30.3 Å². The smallest absolute Gasteiger partial charge is 0.325 e. The van der Waals surface area contributed by atoms with Gasteiger partial charge in [0.2, 0.25) is 5.95 Å². The number of nitrogens with zero attached hydrogens (tertiary/aromatic N) is 7. The van der Waals surface area contributed by atoms with Crippen LogP contribution in [0.25, 0.3) is 22.3 Å². The summed E-state index contributed by atoms with van der Waals surface area (Å²) in [6.07, 6.45) is -1.60. The number of hydrogen-bond donors (Lipinski definition) is 6. The average molecular weight is 677 g/mol. The van der Waals surface area contributed by atoms with E-state index in [1.807, 2.05) is 0 Å². The second kappa shape index (κ2) is 10.3. The minimum absolute atomic E-state index is 0.125. The zero-order valence-electron chi connectivity index (χ0n) is 22.0. The fraction of sp³-hybridized carbons (Fsp3) is 0.524. The molecule has 7 rings (SSSR count). The summed E-state index contributed by atoms with van der Waals surface area (Å²) in [5, 5.41) is 17.7. The van der Waals surface area contributed by atoms with Gasteiger partial charge in [0.15, 0.2) is 35.0 Å². The van der Waals surface area contributed by atoms with Gasteiger partial charge in [-0.2, -0.15) is 4.98 Å². The zero-order chi connectivity index (χ0) is 31.2. The molecule has 18 nitrogen and oxygen atoms in total. The third-order valence-electron chi connectivity index (χ3n) is 7.65. The summed E-state index contributed by atoms with van der Waals surface area (Å²) >= 11 is 5.73. The van der Waals surface area contributed by atoms with Gasteiger partial charge in [-0.3, -0.25) is 23.4 Å². The Labute approximate surface area is 253 Å². The van der Waals surface area contributed by atoms with Gasteiger partial charge in [0.1, 0.15) is 35.0 Å². The minimum Gasteiger partial charge on any atom is -0.395 e. The highest BCUT2D eigenvalue weighted by atomic mass is 32.5. The van der Waals surface area contributed by atoms with Gasteiger partial charge in [-0.15, -0.1) is 11.8 Å². The summed E-state index contributed by atoms with van der Waals surface area (Å²) in [6.45, 7) is -6.24. The van der Waals surface area contributed by atoms with Crippen LogP contribution < -0.4 is 17.0 Å². The van der Waals surface area contributed by atoms with Crippen molar-refractivity contribution in [1.82, 2.24) is 39.0 Å². The number of anilines is 2. The van der Waals surface area contributed by atoms with E-state index in [-0.39, 0.29) is 29.5 Å². The van der Waals surface area contributed by atoms with E-state index in [9.17, 15) is 19.9 Å². The van der Waals surface area contributed by atoms with E-state index in [0.29, 0.717) is 22.9 Å². The van der Waals surface area contributed by atoms with Gasteiger partial charge in [0, 0.05) is 0 Å². The lowest BCUT2D eigenvalue weighted by Crippen LogP contribution is -2.45. The zero-order valence-corrected chi connectivity index (χ0v) is 24.5. The summed E-state index contributed by atoms with van der Waals surface area (Å²) in [6, 6.07) is 0. The molecule has 44 heavy (non-hydrogen) atoms. The molecule has 0 aromatic carbocycles. The van der Waals surface area contributed by atoms with Crippen LogP contribution in [0.2, 0.25) is 0 Å². The van der Waals surface area contributed by atoms with E-state index in [0.717, 1.165) is 10.9 Å². The number of aliphatic hydroxyl groups excluding tert-OH is 2. The van der Waals surface area contributed by atoms with E-state index < -0.39 is 72.2 Å². The molecule has 4 aromatic heterocycles.